The molecule has 0 bridgehead atoms. The van der Waals surface area contributed by atoms with Gasteiger partial charge in [-0.3, -0.25) is 14.4 Å². The fourth-order valence-electron chi connectivity index (χ4n) is 2.72. The van der Waals surface area contributed by atoms with Crippen LogP contribution in [0.1, 0.15) is 31.1 Å². The lowest BCUT2D eigenvalue weighted by Gasteiger charge is -2.08. The summed E-state index contributed by atoms with van der Waals surface area (Å²) in [7, 11) is 0. The highest BCUT2D eigenvalue weighted by Crippen LogP contribution is 2.58. The van der Waals surface area contributed by atoms with Crippen LogP contribution in [0, 0.1) is 17.3 Å². The second-order valence-corrected chi connectivity index (χ2v) is 5.89. The number of phenols is 1. The molecule has 6 heteroatoms. The third-order valence-corrected chi connectivity index (χ3v) is 4.02. The van der Waals surface area contributed by atoms with Crippen LogP contribution in [0.15, 0.2) is 18.2 Å². The summed E-state index contributed by atoms with van der Waals surface area (Å²) in [6, 6.07) is 4.19. The van der Waals surface area contributed by atoms with Crippen LogP contribution in [0.3, 0.4) is 0 Å². The van der Waals surface area contributed by atoms with Crippen molar-refractivity contribution in [3.05, 3.63) is 23.8 Å². The van der Waals surface area contributed by atoms with Gasteiger partial charge in [-0.15, -0.1) is 0 Å². The molecule has 0 radical (unpaired) electrons. The Morgan fingerprint density at radius 1 is 1.19 bits per heavy atom. The van der Waals surface area contributed by atoms with E-state index in [0.717, 1.165) is 0 Å². The number of Topliss-reactive ketones (excluding diaryl/α,β-unsaturated/α-hetero) is 1. The number of nitrogens with one attached hydrogen (secondary N) is 1. The van der Waals surface area contributed by atoms with Gasteiger partial charge in [0.15, 0.2) is 5.78 Å². The normalized spacial score (nSPS) is 22.4. The van der Waals surface area contributed by atoms with Gasteiger partial charge in [0, 0.05) is 11.8 Å². The molecule has 1 fully saturated rings. The molecule has 0 spiro atoms. The lowest BCUT2D eigenvalue weighted by Crippen LogP contribution is -2.17. The van der Waals surface area contributed by atoms with Gasteiger partial charge in [-0.05, 0) is 24.5 Å². The van der Waals surface area contributed by atoms with Crippen molar-refractivity contribution in [3.63, 3.8) is 0 Å². The average Bonchev–Trinajstić information content (AvgIpc) is 2.92. The minimum atomic E-state index is -0.991. The maximum absolute atomic E-state index is 12.1. The molecule has 1 aromatic rings. The molecule has 1 aliphatic carbocycles. The molecular weight excluding hydrogens is 274 g/mol. The molecule has 6 nitrogen and oxygen atoms in total. The van der Waals surface area contributed by atoms with Crippen LogP contribution in [-0.2, 0) is 9.59 Å². The van der Waals surface area contributed by atoms with Crippen LogP contribution in [0.4, 0.5) is 5.69 Å². The van der Waals surface area contributed by atoms with Crippen molar-refractivity contribution in [1.82, 2.24) is 0 Å². The zero-order valence-corrected chi connectivity index (χ0v) is 12.0. The summed E-state index contributed by atoms with van der Waals surface area (Å²) in [4.78, 5) is 34.4. The fourth-order valence-corrected chi connectivity index (χ4v) is 2.72. The molecule has 1 saturated carbocycles. The number of hydrogen-bond acceptors (Lipinski definition) is 4. The number of phenolic OH excluding ortho intramolecular Hbond substituents is 1. The first-order valence-electron chi connectivity index (χ1n) is 6.54. The molecule has 2 rings (SSSR count). The van der Waals surface area contributed by atoms with Crippen LogP contribution < -0.4 is 5.32 Å². The van der Waals surface area contributed by atoms with E-state index in [4.69, 9.17) is 5.11 Å². The van der Waals surface area contributed by atoms with Crippen LogP contribution in [0.5, 0.6) is 5.75 Å². The molecule has 21 heavy (non-hydrogen) atoms. The van der Waals surface area contributed by atoms with E-state index in [1.165, 1.54) is 25.1 Å². The predicted molar refractivity (Wildman–Crippen MR) is 75.1 cm³/mol. The number of carboxylic acids is 1. The summed E-state index contributed by atoms with van der Waals surface area (Å²) >= 11 is 0. The van der Waals surface area contributed by atoms with Crippen molar-refractivity contribution in [2.45, 2.75) is 20.8 Å². The number of aromatic hydroxyl groups is 1. The molecule has 0 aromatic heterocycles. The number of ketones is 1. The van der Waals surface area contributed by atoms with E-state index in [2.05, 4.69) is 5.32 Å². The summed E-state index contributed by atoms with van der Waals surface area (Å²) in [5.74, 6) is -3.20. The zero-order valence-electron chi connectivity index (χ0n) is 12.0. The van der Waals surface area contributed by atoms with E-state index < -0.39 is 29.1 Å². The minimum Gasteiger partial charge on any atom is -0.507 e. The van der Waals surface area contributed by atoms with E-state index in [-0.39, 0.29) is 17.1 Å². The third kappa shape index (κ3) is 2.61. The fraction of sp³-hybridized carbons (Fsp3) is 0.400. The quantitative estimate of drug-likeness (QED) is 0.735. The number of hydrogen-bond donors (Lipinski definition) is 3. The largest absolute Gasteiger partial charge is 0.507 e. The summed E-state index contributed by atoms with van der Waals surface area (Å²) in [6.07, 6.45) is 0. The van der Waals surface area contributed by atoms with Gasteiger partial charge in [-0.2, -0.15) is 0 Å². The summed E-state index contributed by atoms with van der Waals surface area (Å²) in [5.41, 5.74) is -0.0883. The van der Waals surface area contributed by atoms with Gasteiger partial charge < -0.3 is 15.5 Å². The van der Waals surface area contributed by atoms with Crippen LogP contribution >= 0.6 is 0 Å². The number of benzene rings is 1. The van der Waals surface area contributed by atoms with Gasteiger partial charge >= 0.3 is 5.97 Å². The lowest BCUT2D eigenvalue weighted by atomic mass is 10.1. The van der Waals surface area contributed by atoms with Gasteiger partial charge in [0.2, 0.25) is 5.91 Å². The van der Waals surface area contributed by atoms with Crippen molar-refractivity contribution in [3.8, 4) is 5.75 Å². The Bertz CT molecular complexity index is 635. The molecule has 0 heterocycles. The van der Waals surface area contributed by atoms with Gasteiger partial charge in [0.25, 0.3) is 0 Å². The zero-order chi connectivity index (χ0) is 15.9. The Hall–Kier alpha value is -2.37. The van der Waals surface area contributed by atoms with Gasteiger partial charge in [-0.25, -0.2) is 0 Å². The average molecular weight is 291 g/mol. The maximum atomic E-state index is 12.1. The first-order chi connectivity index (χ1) is 9.66. The Balaban J connectivity index is 2.13. The van der Waals surface area contributed by atoms with Crippen molar-refractivity contribution < 1.29 is 24.6 Å². The molecule has 0 aliphatic heterocycles. The number of anilines is 1. The lowest BCUT2D eigenvalue weighted by molar-refractivity contribution is -0.140. The molecule has 1 aliphatic rings. The first kappa shape index (κ1) is 15.0. The number of carboxylic acid groups (broad SMARTS) is 1. The SMILES string of the molecule is CC(=O)c1ccc(NC(=O)C2C(C(=O)O)C2(C)C)cc1O. The maximum Gasteiger partial charge on any atom is 0.307 e. The third-order valence-electron chi connectivity index (χ3n) is 4.02. The van der Waals surface area contributed by atoms with E-state index in [1.54, 1.807) is 13.8 Å². The molecule has 2 atom stereocenters. The predicted octanol–water partition coefficient (Wildman–Crippen LogP) is 1.89. The molecule has 1 amide bonds. The standard InChI is InChI=1S/C15H17NO5/c1-7(17)9-5-4-8(6-10(9)18)16-13(19)11-12(14(20)21)15(11,2)3/h4-6,11-12,18H,1-3H3,(H,16,19)(H,20,21). The highest BCUT2D eigenvalue weighted by molar-refractivity contribution is 6.01. The Kier molecular flexibility index (Phi) is 3.49. The molecule has 2 unspecified atom stereocenters. The Labute approximate surface area is 121 Å². The van der Waals surface area contributed by atoms with E-state index in [1.807, 2.05) is 0 Å². The van der Waals surface area contributed by atoms with Gasteiger partial charge in [-0.1, -0.05) is 13.8 Å². The smallest absolute Gasteiger partial charge is 0.307 e. The molecular formula is C15H17NO5. The second-order valence-electron chi connectivity index (χ2n) is 5.89. The van der Waals surface area contributed by atoms with E-state index in [0.29, 0.717) is 5.69 Å². The highest BCUT2D eigenvalue weighted by Gasteiger charge is 2.65. The number of aliphatic carboxylic acids is 1. The Morgan fingerprint density at radius 3 is 2.24 bits per heavy atom. The van der Waals surface area contributed by atoms with Crippen molar-refractivity contribution in [2.75, 3.05) is 5.32 Å². The summed E-state index contributed by atoms with van der Waals surface area (Å²) in [5, 5.41) is 21.3. The van der Waals surface area contributed by atoms with Crippen LogP contribution in [0.2, 0.25) is 0 Å². The minimum absolute atomic E-state index is 0.170. The number of carbonyl (C=O) groups excluding carboxylic acids is 2. The second kappa shape index (κ2) is 4.87. The summed E-state index contributed by atoms with van der Waals surface area (Å²) in [6.45, 7) is 4.79. The first-order valence-corrected chi connectivity index (χ1v) is 6.54. The van der Waals surface area contributed by atoms with Crippen LogP contribution in [0.25, 0.3) is 0 Å². The monoisotopic (exact) mass is 291 g/mol. The molecule has 1 aromatic carbocycles. The van der Waals surface area contributed by atoms with Crippen LogP contribution in [-0.4, -0.2) is 27.9 Å². The molecule has 0 saturated heterocycles. The number of amides is 1. The summed E-state index contributed by atoms with van der Waals surface area (Å²) < 4.78 is 0. The van der Waals surface area contributed by atoms with Crippen molar-refractivity contribution >= 4 is 23.3 Å². The van der Waals surface area contributed by atoms with Crippen molar-refractivity contribution in [1.29, 1.82) is 0 Å². The molecule has 3 N–H and O–H groups in total. The Morgan fingerprint density at radius 2 is 1.81 bits per heavy atom. The highest BCUT2D eigenvalue weighted by atomic mass is 16.4. The topological polar surface area (TPSA) is 104 Å². The number of carbonyl (C=O) groups is 3. The van der Waals surface area contributed by atoms with Gasteiger partial charge in [0.05, 0.1) is 17.4 Å². The molecule has 112 valence electrons. The van der Waals surface area contributed by atoms with E-state index in [9.17, 15) is 19.5 Å². The van der Waals surface area contributed by atoms with Crippen molar-refractivity contribution in [2.24, 2.45) is 17.3 Å². The van der Waals surface area contributed by atoms with Gasteiger partial charge in [0.1, 0.15) is 5.75 Å². The van der Waals surface area contributed by atoms with E-state index >= 15 is 0 Å². The number of rotatable bonds is 4.